The van der Waals surface area contributed by atoms with Crippen LogP contribution in [0.25, 0.3) is 0 Å². The molecule has 3 saturated heterocycles. The molecule has 3 nitrogen and oxygen atoms in total. The second-order valence-corrected chi connectivity index (χ2v) is 4.82. The van der Waals surface area contributed by atoms with Gasteiger partial charge in [0.05, 0.1) is 0 Å². The Balaban J connectivity index is 1.90. The van der Waals surface area contributed by atoms with Crippen molar-refractivity contribution >= 4 is 5.91 Å². The van der Waals surface area contributed by atoms with Gasteiger partial charge < -0.3 is 10.2 Å². The van der Waals surface area contributed by atoms with Crippen LogP contribution in [0.15, 0.2) is 0 Å². The van der Waals surface area contributed by atoms with E-state index in [0.717, 1.165) is 0 Å². The summed E-state index contributed by atoms with van der Waals surface area (Å²) in [6.45, 7) is 1.98. The number of carbonyl (C=O) groups excluding carboxylic acids is 1. The van der Waals surface area contributed by atoms with E-state index in [4.69, 9.17) is 0 Å². The van der Waals surface area contributed by atoms with E-state index in [0.29, 0.717) is 36.5 Å². The minimum absolute atomic E-state index is 0.371. The monoisotopic (exact) mass is 194 g/mol. The van der Waals surface area contributed by atoms with Gasteiger partial charge in [0.15, 0.2) is 0 Å². The average Bonchev–Trinajstić information content (AvgIpc) is 2.72. The number of carbonyl (C=O) groups is 1. The van der Waals surface area contributed by atoms with Crippen molar-refractivity contribution in [1.82, 2.24) is 10.2 Å². The third-order valence-electron chi connectivity index (χ3n) is 4.21. The highest BCUT2D eigenvalue weighted by molar-refractivity contribution is 5.77. The summed E-state index contributed by atoms with van der Waals surface area (Å²) in [7, 11) is 0. The van der Waals surface area contributed by atoms with E-state index in [2.05, 4.69) is 10.2 Å². The van der Waals surface area contributed by atoms with E-state index in [1.165, 1.54) is 25.7 Å². The number of rotatable bonds is 1. The fourth-order valence-electron chi connectivity index (χ4n) is 3.62. The topological polar surface area (TPSA) is 32.3 Å². The van der Waals surface area contributed by atoms with Crippen LogP contribution in [0.1, 0.15) is 39.0 Å². The van der Waals surface area contributed by atoms with Gasteiger partial charge in [-0.1, -0.05) is 6.92 Å². The van der Waals surface area contributed by atoms with Crippen LogP contribution in [0.2, 0.25) is 0 Å². The maximum Gasteiger partial charge on any atom is 0.222 e. The van der Waals surface area contributed by atoms with Crippen molar-refractivity contribution in [2.45, 2.75) is 63.2 Å². The molecule has 3 heterocycles. The predicted molar refractivity (Wildman–Crippen MR) is 53.9 cm³/mol. The van der Waals surface area contributed by atoms with Crippen LogP contribution in [-0.4, -0.2) is 35.0 Å². The van der Waals surface area contributed by atoms with Gasteiger partial charge in [-0.2, -0.15) is 0 Å². The first kappa shape index (κ1) is 8.72. The summed E-state index contributed by atoms with van der Waals surface area (Å²) in [5.41, 5.74) is 0. The lowest BCUT2D eigenvalue weighted by atomic mass is 10.0. The van der Waals surface area contributed by atoms with E-state index in [1.54, 1.807) is 0 Å². The summed E-state index contributed by atoms with van der Waals surface area (Å²) < 4.78 is 0. The second kappa shape index (κ2) is 2.96. The summed E-state index contributed by atoms with van der Waals surface area (Å²) in [5, 5.41) is 3.67. The molecule has 3 fully saturated rings. The highest BCUT2D eigenvalue weighted by atomic mass is 16.2. The Morgan fingerprint density at radius 3 is 2.29 bits per heavy atom. The van der Waals surface area contributed by atoms with Crippen LogP contribution < -0.4 is 5.32 Å². The lowest BCUT2D eigenvalue weighted by Crippen LogP contribution is -2.60. The molecule has 3 heteroatoms. The molecule has 14 heavy (non-hydrogen) atoms. The maximum atomic E-state index is 11.8. The number of hydrogen-bond donors (Lipinski definition) is 1. The van der Waals surface area contributed by atoms with Gasteiger partial charge in [0, 0.05) is 30.6 Å². The molecule has 0 radical (unpaired) electrons. The first-order valence-corrected chi connectivity index (χ1v) is 5.88. The summed E-state index contributed by atoms with van der Waals surface area (Å²) in [4.78, 5) is 14.1. The fraction of sp³-hybridized carbons (Fsp3) is 0.909. The van der Waals surface area contributed by atoms with Gasteiger partial charge in [-0.3, -0.25) is 4.79 Å². The Bertz CT molecular complexity index is 248. The molecular formula is C11H18N2O. The molecule has 3 aliphatic rings. The molecule has 1 N–H and O–H groups in total. The molecule has 3 rings (SSSR count). The minimum Gasteiger partial charge on any atom is -0.334 e. The van der Waals surface area contributed by atoms with E-state index in [-0.39, 0.29) is 0 Å². The average molecular weight is 194 g/mol. The number of nitrogens with one attached hydrogen (secondary N) is 1. The molecule has 3 aliphatic heterocycles. The molecule has 0 aromatic heterocycles. The Labute approximate surface area is 84.8 Å². The van der Waals surface area contributed by atoms with Gasteiger partial charge in [0.25, 0.3) is 0 Å². The quantitative estimate of drug-likeness (QED) is 0.672. The van der Waals surface area contributed by atoms with Crippen LogP contribution in [0.4, 0.5) is 0 Å². The van der Waals surface area contributed by atoms with Crippen LogP contribution in [-0.2, 0) is 4.79 Å². The van der Waals surface area contributed by atoms with Crippen molar-refractivity contribution in [3.63, 3.8) is 0 Å². The van der Waals surface area contributed by atoms with Gasteiger partial charge >= 0.3 is 0 Å². The van der Waals surface area contributed by atoms with Crippen molar-refractivity contribution in [3.05, 3.63) is 0 Å². The molecule has 1 amide bonds. The van der Waals surface area contributed by atoms with Crippen molar-refractivity contribution in [2.24, 2.45) is 0 Å². The lowest BCUT2D eigenvalue weighted by Gasteiger charge is -2.40. The molecule has 4 bridgehead atoms. The fourth-order valence-corrected chi connectivity index (χ4v) is 3.62. The smallest absolute Gasteiger partial charge is 0.222 e. The molecule has 0 aromatic rings. The van der Waals surface area contributed by atoms with Crippen molar-refractivity contribution in [1.29, 1.82) is 0 Å². The summed E-state index contributed by atoms with van der Waals surface area (Å²) >= 11 is 0. The summed E-state index contributed by atoms with van der Waals surface area (Å²) in [6.07, 6.45) is 5.68. The zero-order valence-corrected chi connectivity index (χ0v) is 8.70. The van der Waals surface area contributed by atoms with E-state index in [1.807, 2.05) is 6.92 Å². The molecule has 4 unspecified atom stereocenters. The van der Waals surface area contributed by atoms with Crippen molar-refractivity contribution < 1.29 is 4.79 Å². The summed E-state index contributed by atoms with van der Waals surface area (Å²) in [6, 6.07) is 2.25. The van der Waals surface area contributed by atoms with Gasteiger partial charge in [-0.25, -0.2) is 0 Å². The molecule has 0 aliphatic carbocycles. The number of nitrogens with zero attached hydrogens (tertiary/aromatic N) is 1. The van der Waals surface area contributed by atoms with E-state index >= 15 is 0 Å². The van der Waals surface area contributed by atoms with Crippen LogP contribution in [0.5, 0.6) is 0 Å². The van der Waals surface area contributed by atoms with Crippen LogP contribution >= 0.6 is 0 Å². The zero-order valence-electron chi connectivity index (χ0n) is 8.70. The van der Waals surface area contributed by atoms with Crippen molar-refractivity contribution in [2.75, 3.05) is 0 Å². The highest BCUT2D eigenvalue weighted by Gasteiger charge is 2.51. The van der Waals surface area contributed by atoms with Gasteiger partial charge in [-0.15, -0.1) is 0 Å². The third-order valence-corrected chi connectivity index (χ3v) is 4.21. The lowest BCUT2D eigenvalue weighted by molar-refractivity contribution is -0.135. The SMILES string of the molecule is CCC(=O)N1C2CCC1C1CCC2N1. The Morgan fingerprint density at radius 2 is 1.79 bits per heavy atom. The summed E-state index contributed by atoms with van der Waals surface area (Å²) in [5.74, 6) is 0.371. The minimum atomic E-state index is 0.371. The number of amides is 1. The number of fused-ring (bicyclic) bond motifs is 6. The normalized spacial score (nSPS) is 44.5. The first-order chi connectivity index (χ1) is 6.81. The molecular weight excluding hydrogens is 176 g/mol. The Hall–Kier alpha value is -0.570. The third kappa shape index (κ3) is 0.991. The number of hydrogen-bond acceptors (Lipinski definition) is 2. The molecule has 78 valence electrons. The Morgan fingerprint density at radius 1 is 1.21 bits per heavy atom. The zero-order chi connectivity index (χ0) is 9.71. The van der Waals surface area contributed by atoms with Gasteiger partial charge in [-0.05, 0) is 25.7 Å². The molecule has 4 atom stereocenters. The molecule has 0 aromatic carbocycles. The largest absolute Gasteiger partial charge is 0.334 e. The van der Waals surface area contributed by atoms with Crippen LogP contribution in [0.3, 0.4) is 0 Å². The van der Waals surface area contributed by atoms with Gasteiger partial charge in [0.1, 0.15) is 0 Å². The van der Waals surface area contributed by atoms with Gasteiger partial charge in [0.2, 0.25) is 5.91 Å². The molecule has 0 saturated carbocycles. The maximum absolute atomic E-state index is 11.8. The molecule has 0 spiro atoms. The Kier molecular flexibility index (Phi) is 1.84. The number of piperazine rings is 1. The first-order valence-electron chi connectivity index (χ1n) is 5.88. The predicted octanol–water partition coefficient (Wildman–Crippen LogP) is 0.890. The van der Waals surface area contributed by atoms with E-state index in [9.17, 15) is 4.79 Å². The second-order valence-electron chi connectivity index (χ2n) is 4.82. The highest BCUT2D eigenvalue weighted by Crippen LogP contribution is 2.40. The van der Waals surface area contributed by atoms with Crippen LogP contribution in [0, 0.1) is 0 Å². The standard InChI is InChI=1S/C11H18N2O/c1-2-11(14)13-9-5-6-10(13)8-4-3-7(9)12-8/h7-10,12H,2-6H2,1H3. The van der Waals surface area contributed by atoms with Crippen molar-refractivity contribution in [3.8, 4) is 0 Å². The van der Waals surface area contributed by atoms with E-state index < -0.39 is 0 Å².